The molecule has 1 fully saturated rings. The summed E-state index contributed by atoms with van der Waals surface area (Å²) in [6.45, 7) is 6.05. The highest BCUT2D eigenvalue weighted by molar-refractivity contribution is 7.11. The molecule has 2 aromatic rings. The molecule has 21 heavy (non-hydrogen) atoms. The molecule has 0 bridgehead atoms. The first-order chi connectivity index (χ1) is 10.3. The molecule has 112 valence electrons. The van der Waals surface area contributed by atoms with E-state index < -0.39 is 0 Å². The Labute approximate surface area is 129 Å². The van der Waals surface area contributed by atoms with E-state index in [1.54, 1.807) is 11.3 Å². The molecule has 1 aliphatic rings. The maximum absolute atomic E-state index is 5.80. The Bertz CT molecular complexity index is 572. The van der Waals surface area contributed by atoms with Crippen LogP contribution in [-0.2, 0) is 4.74 Å². The first-order valence-electron chi connectivity index (χ1n) is 7.52. The molecule has 0 amide bonds. The van der Waals surface area contributed by atoms with Crippen molar-refractivity contribution in [2.45, 2.75) is 32.4 Å². The van der Waals surface area contributed by atoms with Crippen LogP contribution in [0.5, 0.6) is 0 Å². The van der Waals surface area contributed by atoms with Crippen molar-refractivity contribution in [2.75, 3.05) is 13.2 Å². The zero-order valence-corrected chi connectivity index (χ0v) is 13.3. The molecule has 4 nitrogen and oxygen atoms in total. The molecule has 1 aromatic heterocycles. The Morgan fingerprint density at radius 2 is 2.14 bits per heavy atom. The Morgan fingerprint density at radius 3 is 2.81 bits per heavy atom. The average Bonchev–Trinajstić information content (AvgIpc) is 3.14. The fraction of sp³-hybridized carbons (Fsp3) is 0.500. The molecular weight excluding hydrogens is 282 g/mol. The number of hydrogen-bond acceptors (Lipinski definition) is 5. The molecule has 0 aliphatic carbocycles. The Balaban J connectivity index is 1.85. The second kappa shape index (κ2) is 6.64. The summed E-state index contributed by atoms with van der Waals surface area (Å²) in [5.74, 6) is 0.528. The zero-order chi connectivity index (χ0) is 14.7. The SMILES string of the molecule is CCNC(c1ccccc1)c1nnc(C2OCCC2C)s1. The Morgan fingerprint density at radius 1 is 1.33 bits per heavy atom. The van der Waals surface area contributed by atoms with Crippen LogP contribution < -0.4 is 5.32 Å². The molecule has 0 saturated carbocycles. The van der Waals surface area contributed by atoms with Crippen molar-refractivity contribution in [1.29, 1.82) is 0 Å². The average molecular weight is 303 g/mol. The molecule has 3 unspecified atom stereocenters. The number of hydrogen-bond donors (Lipinski definition) is 1. The highest BCUT2D eigenvalue weighted by atomic mass is 32.1. The van der Waals surface area contributed by atoms with Gasteiger partial charge in [-0.05, 0) is 24.4 Å². The number of nitrogens with zero attached hydrogens (tertiary/aromatic N) is 2. The molecule has 2 heterocycles. The third-order valence-electron chi connectivity index (χ3n) is 3.88. The van der Waals surface area contributed by atoms with Crippen LogP contribution in [0.2, 0.25) is 0 Å². The Kier molecular flexibility index (Phi) is 4.63. The standard InChI is InChI=1S/C16H21N3OS/c1-3-17-13(12-7-5-4-6-8-12)15-18-19-16(21-15)14-11(2)9-10-20-14/h4-8,11,13-14,17H,3,9-10H2,1-2H3. The zero-order valence-electron chi connectivity index (χ0n) is 12.5. The van der Waals surface area contributed by atoms with E-state index in [-0.39, 0.29) is 12.1 Å². The van der Waals surface area contributed by atoms with Crippen molar-refractivity contribution in [3.05, 3.63) is 45.9 Å². The minimum absolute atomic E-state index is 0.110. The number of nitrogens with one attached hydrogen (secondary N) is 1. The maximum atomic E-state index is 5.80. The van der Waals surface area contributed by atoms with Crippen LogP contribution >= 0.6 is 11.3 Å². The minimum atomic E-state index is 0.110. The molecule has 1 N–H and O–H groups in total. The number of benzene rings is 1. The van der Waals surface area contributed by atoms with E-state index in [2.05, 4.69) is 53.6 Å². The lowest BCUT2D eigenvalue weighted by Gasteiger charge is -2.15. The molecule has 1 aliphatic heterocycles. The van der Waals surface area contributed by atoms with Crippen molar-refractivity contribution >= 4 is 11.3 Å². The molecule has 5 heteroatoms. The minimum Gasteiger partial charge on any atom is -0.371 e. The van der Waals surface area contributed by atoms with Gasteiger partial charge < -0.3 is 10.1 Å². The summed E-state index contributed by atoms with van der Waals surface area (Å²) in [5.41, 5.74) is 1.22. The summed E-state index contributed by atoms with van der Waals surface area (Å²) in [7, 11) is 0. The van der Waals surface area contributed by atoms with Crippen LogP contribution in [0.3, 0.4) is 0 Å². The Hall–Kier alpha value is -1.30. The summed E-state index contributed by atoms with van der Waals surface area (Å²) in [6, 6.07) is 10.5. The van der Waals surface area contributed by atoms with Crippen molar-refractivity contribution < 1.29 is 4.74 Å². The second-order valence-corrected chi connectivity index (χ2v) is 6.48. The van der Waals surface area contributed by atoms with Gasteiger partial charge in [0.25, 0.3) is 0 Å². The van der Waals surface area contributed by atoms with Crippen molar-refractivity contribution in [3.63, 3.8) is 0 Å². The maximum Gasteiger partial charge on any atom is 0.146 e. The smallest absolute Gasteiger partial charge is 0.146 e. The molecule has 0 spiro atoms. The van der Waals surface area contributed by atoms with E-state index in [1.165, 1.54) is 5.56 Å². The molecular formula is C16H21N3OS. The van der Waals surface area contributed by atoms with Gasteiger partial charge in [0.2, 0.25) is 0 Å². The van der Waals surface area contributed by atoms with Gasteiger partial charge in [0, 0.05) is 6.61 Å². The van der Waals surface area contributed by atoms with Gasteiger partial charge in [-0.1, -0.05) is 55.5 Å². The van der Waals surface area contributed by atoms with E-state index in [0.29, 0.717) is 5.92 Å². The third-order valence-corrected chi connectivity index (χ3v) is 4.92. The molecule has 0 radical (unpaired) electrons. The number of rotatable bonds is 5. The van der Waals surface area contributed by atoms with E-state index in [0.717, 1.165) is 29.6 Å². The van der Waals surface area contributed by atoms with Gasteiger partial charge in [-0.25, -0.2) is 0 Å². The van der Waals surface area contributed by atoms with Crippen molar-refractivity contribution in [2.24, 2.45) is 5.92 Å². The fourth-order valence-corrected chi connectivity index (χ4v) is 3.82. The summed E-state index contributed by atoms with van der Waals surface area (Å²) >= 11 is 1.67. The predicted octanol–water partition coefficient (Wildman–Crippen LogP) is 3.33. The lowest BCUT2D eigenvalue weighted by atomic mass is 10.1. The monoisotopic (exact) mass is 303 g/mol. The van der Waals surface area contributed by atoms with Gasteiger partial charge in [-0.15, -0.1) is 10.2 Å². The molecule has 3 rings (SSSR count). The van der Waals surface area contributed by atoms with Crippen LogP contribution in [0, 0.1) is 5.92 Å². The predicted molar refractivity (Wildman–Crippen MR) is 84.3 cm³/mol. The van der Waals surface area contributed by atoms with E-state index in [4.69, 9.17) is 4.74 Å². The van der Waals surface area contributed by atoms with Crippen LogP contribution in [-0.4, -0.2) is 23.3 Å². The first kappa shape index (κ1) is 14.6. The van der Waals surface area contributed by atoms with Gasteiger partial charge in [0.15, 0.2) is 0 Å². The lowest BCUT2D eigenvalue weighted by Crippen LogP contribution is -2.21. The van der Waals surface area contributed by atoms with Crippen molar-refractivity contribution in [3.8, 4) is 0 Å². The topological polar surface area (TPSA) is 47.0 Å². The molecule has 3 atom stereocenters. The van der Waals surface area contributed by atoms with Gasteiger partial charge in [-0.3, -0.25) is 0 Å². The van der Waals surface area contributed by atoms with Crippen molar-refractivity contribution in [1.82, 2.24) is 15.5 Å². The number of ether oxygens (including phenoxy) is 1. The highest BCUT2D eigenvalue weighted by Crippen LogP contribution is 2.37. The van der Waals surface area contributed by atoms with E-state index in [1.807, 2.05) is 6.07 Å². The van der Waals surface area contributed by atoms with Crippen LogP contribution in [0.25, 0.3) is 0 Å². The number of aromatic nitrogens is 2. The second-order valence-electron chi connectivity index (χ2n) is 5.44. The van der Waals surface area contributed by atoms with Crippen LogP contribution in [0.1, 0.15) is 48.0 Å². The third kappa shape index (κ3) is 3.15. The van der Waals surface area contributed by atoms with E-state index >= 15 is 0 Å². The van der Waals surface area contributed by atoms with Gasteiger partial charge >= 0.3 is 0 Å². The molecule has 1 aromatic carbocycles. The molecule has 1 saturated heterocycles. The van der Waals surface area contributed by atoms with Crippen LogP contribution in [0.15, 0.2) is 30.3 Å². The van der Waals surface area contributed by atoms with Gasteiger partial charge in [0.1, 0.15) is 16.1 Å². The lowest BCUT2D eigenvalue weighted by molar-refractivity contribution is 0.0937. The summed E-state index contributed by atoms with van der Waals surface area (Å²) < 4.78 is 5.80. The summed E-state index contributed by atoms with van der Waals surface area (Å²) in [6.07, 6.45) is 1.23. The van der Waals surface area contributed by atoms with E-state index in [9.17, 15) is 0 Å². The van der Waals surface area contributed by atoms with Gasteiger partial charge in [-0.2, -0.15) is 0 Å². The summed E-state index contributed by atoms with van der Waals surface area (Å²) in [5, 5.41) is 14.3. The fourth-order valence-electron chi connectivity index (χ4n) is 2.69. The summed E-state index contributed by atoms with van der Waals surface area (Å²) in [4.78, 5) is 0. The first-order valence-corrected chi connectivity index (χ1v) is 8.34. The normalized spacial score (nSPS) is 23.3. The quantitative estimate of drug-likeness (QED) is 0.920. The largest absolute Gasteiger partial charge is 0.371 e. The van der Waals surface area contributed by atoms with Crippen LogP contribution in [0.4, 0.5) is 0 Å². The highest BCUT2D eigenvalue weighted by Gasteiger charge is 2.30. The van der Waals surface area contributed by atoms with Gasteiger partial charge in [0.05, 0.1) is 6.04 Å².